The standard InChI is InChI=1S/C13H13BrF3N5/c14-9-4-18-7-20-12(9)19-3-8-1-2-11-21-10(13(15,16)17)6-22(11)5-8/h4,6-8H,1-3,5H2,(H,18,19,20)/t8-/m1/s1. The maximum absolute atomic E-state index is 12.7. The van der Waals surface area contributed by atoms with Crippen molar-refractivity contribution in [2.75, 3.05) is 11.9 Å². The van der Waals surface area contributed by atoms with Crippen LogP contribution in [0.25, 0.3) is 0 Å². The molecule has 0 radical (unpaired) electrons. The highest BCUT2D eigenvalue weighted by Crippen LogP contribution is 2.30. The lowest BCUT2D eigenvalue weighted by atomic mass is 9.99. The topological polar surface area (TPSA) is 55.6 Å². The van der Waals surface area contributed by atoms with Crippen molar-refractivity contribution in [1.82, 2.24) is 19.5 Å². The molecule has 1 N–H and O–H groups in total. The Labute approximate surface area is 133 Å². The number of halogens is 4. The van der Waals surface area contributed by atoms with Crippen LogP contribution in [-0.2, 0) is 19.1 Å². The van der Waals surface area contributed by atoms with Gasteiger partial charge in [-0.05, 0) is 28.3 Å². The summed E-state index contributed by atoms with van der Waals surface area (Å²) in [5, 5.41) is 3.20. The molecule has 22 heavy (non-hydrogen) atoms. The van der Waals surface area contributed by atoms with Crippen molar-refractivity contribution in [2.24, 2.45) is 5.92 Å². The molecule has 0 aliphatic carbocycles. The van der Waals surface area contributed by atoms with E-state index in [-0.39, 0.29) is 5.92 Å². The molecule has 2 aromatic heterocycles. The molecule has 5 nitrogen and oxygen atoms in total. The van der Waals surface area contributed by atoms with Crippen molar-refractivity contribution >= 4 is 21.7 Å². The van der Waals surface area contributed by atoms with E-state index in [4.69, 9.17) is 0 Å². The molecule has 0 spiro atoms. The third-order valence-electron chi connectivity index (χ3n) is 3.61. The van der Waals surface area contributed by atoms with E-state index in [1.807, 2.05) is 0 Å². The van der Waals surface area contributed by atoms with E-state index in [0.717, 1.165) is 17.1 Å². The summed E-state index contributed by atoms with van der Waals surface area (Å²) in [4.78, 5) is 11.7. The van der Waals surface area contributed by atoms with Crippen LogP contribution in [0.1, 0.15) is 17.9 Å². The van der Waals surface area contributed by atoms with Gasteiger partial charge >= 0.3 is 6.18 Å². The Bertz CT molecular complexity index is 670. The number of hydrogen-bond donors (Lipinski definition) is 1. The zero-order chi connectivity index (χ0) is 15.7. The molecule has 0 unspecified atom stereocenters. The zero-order valence-electron chi connectivity index (χ0n) is 11.4. The number of fused-ring (bicyclic) bond motifs is 1. The molecule has 118 valence electrons. The van der Waals surface area contributed by atoms with Gasteiger partial charge in [0.15, 0.2) is 5.69 Å². The highest BCUT2D eigenvalue weighted by atomic mass is 79.9. The molecular weight excluding hydrogens is 363 g/mol. The van der Waals surface area contributed by atoms with Gasteiger partial charge in [-0.15, -0.1) is 0 Å². The first-order chi connectivity index (χ1) is 10.4. The summed E-state index contributed by atoms with van der Waals surface area (Å²) in [6.07, 6.45) is 1.14. The molecule has 0 bridgehead atoms. The van der Waals surface area contributed by atoms with Gasteiger partial charge < -0.3 is 9.88 Å². The van der Waals surface area contributed by atoms with Crippen LogP contribution in [0.15, 0.2) is 23.2 Å². The Morgan fingerprint density at radius 2 is 2.23 bits per heavy atom. The number of hydrogen-bond acceptors (Lipinski definition) is 4. The minimum atomic E-state index is -4.39. The average Bonchev–Trinajstić information content (AvgIpc) is 2.90. The summed E-state index contributed by atoms with van der Waals surface area (Å²) in [5.74, 6) is 1.42. The lowest BCUT2D eigenvalue weighted by molar-refractivity contribution is -0.141. The fourth-order valence-electron chi connectivity index (χ4n) is 2.50. The van der Waals surface area contributed by atoms with Crippen molar-refractivity contribution in [3.63, 3.8) is 0 Å². The molecule has 3 rings (SSSR count). The second-order valence-electron chi connectivity index (χ2n) is 5.20. The molecule has 0 saturated heterocycles. The van der Waals surface area contributed by atoms with Gasteiger partial charge in [0.25, 0.3) is 0 Å². The highest BCUT2D eigenvalue weighted by Gasteiger charge is 2.35. The van der Waals surface area contributed by atoms with E-state index >= 15 is 0 Å². The van der Waals surface area contributed by atoms with E-state index in [0.29, 0.717) is 31.2 Å². The van der Waals surface area contributed by atoms with Gasteiger partial charge in [-0.25, -0.2) is 15.0 Å². The fraction of sp³-hybridized carbons (Fsp3) is 0.462. The van der Waals surface area contributed by atoms with Crippen LogP contribution in [0, 0.1) is 5.92 Å². The Morgan fingerprint density at radius 3 is 2.95 bits per heavy atom. The van der Waals surface area contributed by atoms with Gasteiger partial charge in [0.05, 0.1) is 4.47 Å². The molecular formula is C13H13BrF3N5. The quantitative estimate of drug-likeness (QED) is 0.895. The van der Waals surface area contributed by atoms with E-state index in [2.05, 4.69) is 36.2 Å². The molecule has 1 atom stereocenters. The molecule has 1 aliphatic heterocycles. The summed E-state index contributed by atoms with van der Waals surface area (Å²) >= 11 is 3.34. The van der Waals surface area contributed by atoms with Crippen molar-refractivity contribution in [3.05, 3.63) is 34.7 Å². The van der Waals surface area contributed by atoms with Crippen LogP contribution in [-0.4, -0.2) is 26.1 Å². The largest absolute Gasteiger partial charge is 0.434 e. The third kappa shape index (κ3) is 3.23. The smallest absolute Gasteiger partial charge is 0.369 e. The van der Waals surface area contributed by atoms with Gasteiger partial charge in [-0.3, -0.25) is 0 Å². The Balaban J connectivity index is 1.65. The first-order valence-corrected chi connectivity index (χ1v) is 7.55. The fourth-order valence-corrected chi connectivity index (χ4v) is 2.86. The first kappa shape index (κ1) is 15.3. The molecule has 3 heterocycles. The van der Waals surface area contributed by atoms with Crippen LogP contribution >= 0.6 is 15.9 Å². The van der Waals surface area contributed by atoms with Gasteiger partial charge in [0, 0.05) is 31.9 Å². The first-order valence-electron chi connectivity index (χ1n) is 6.76. The summed E-state index contributed by atoms with van der Waals surface area (Å²) < 4.78 is 40.4. The predicted molar refractivity (Wildman–Crippen MR) is 77.3 cm³/mol. The minimum absolute atomic E-state index is 0.227. The number of nitrogens with zero attached hydrogens (tertiary/aromatic N) is 4. The number of anilines is 1. The number of aryl methyl sites for hydroxylation is 1. The second-order valence-corrected chi connectivity index (χ2v) is 6.05. The van der Waals surface area contributed by atoms with Crippen LogP contribution in [0.5, 0.6) is 0 Å². The molecule has 9 heteroatoms. The van der Waals surface area contributed by atoms with Crippen LogP contribution in [0.4, 0.5) is 19.0 Å². The molecule has 0 fully saturated rings. The summed E-state index contributed by atoms with van der Waals surface area (Å²) in [7, 11) is 0. The summed E-state index contributed by atoms with van der Waals surface area (Å²) in [5.41, 5.74) is -0.811. The van der Waals surface area contributed by atoms with E-state index in [1.54, 1.807) is 10.8 Å². The van der Waals surface area contributed by atoms with Gasteiger partial charge in [0.2, 0.25) is 0 Å². The van der Waals surface area contributed by atoms with Crippen LogP contribution in [0.3, 0.4) is 0 Å². The van der Waals surface area contributed by atoms with Crippen molar-refractivity contribution in [3.8, 4) is 0 Å². The molecule has 1 aliphatic rings. The number of imidazole rings is 1. The van der Waals surface area contributed by atoms with Crippen molar-refractivity contribution < 1.29 is 13.2 Å². The Morgan fingerprint density at radius 1 is 1.41 bits per heavy atom. The average molecular weight is 376 g/mol. The third-order valence-corrected chi connectivity index (χ3v) is 4.19. The van der Waals surface area contributed by atoms with E-state index < -0.39 is 11.9 Å². The molecule has 0 aromatic carbocycles. The number of rotatable bonds is 3. The normalized spacial score (nSPS) is 18.1. The van der Waals surface area contributed by atoms with Crippen molar-refractivity contribution in [2.45, 2.75) is 25.6 Å². The monoisotopic (exact) mass is 375 g/mol. The van der Waals surface area contributed by atoms with Crippen LogP contribution < -0.4 is 5.32 Å². The maximum Gasteiger partial charge on any atom is 0.434 e. The maximum atomic E-state index is 12.7. The SMILES string of the molecule is FC(F)(F)c1cn2c(n1)CC[C@H](CNc1ncncc1Br)C2. The summed E-state index contributed by atoms with van der Waals surface area (Å²) in [6.45, 7) is 1.16. The number of aromatic nitrogens is 4. The Hall–Kier alpha value is -1.64. The van der Waals surface area contributed by atoms with Gasteiger partial charge in [-0.2, -0.15) is 13.2 Å². The van der Waals surface area contributed by atoms with E-state index in [1.165, 1.54) is 6.33 Å². The molecule has 0 saturated carbocycles. The molecule has 2 aromatic rings. The Kier molecular flexibility index (Phi) is 4.07. The number of alkyl halides is 3. The highest BCUT2D eigenvalue weighted by molar-refractivity contribution is 9.10. The van der Waals surface area contributed by atoms with Gasteiger partial charge in [0.1, 0.15) is 18.0 Å². The lowest BCUT2D eigenvalue weighted by Crippen LogP contribution is -2.26. The minimum Gasteiger partial charge on any atom is -0.369 e. The van der Waals surface area contributed by atoms with E-state index in [9.17, 15) is 13.2 Å². The summed E-state index contributed by atoms with van der Waals surface area (Å²) in [6, 6.07) is 0. The molecule has 0 amide bonds. The second kappa shape index (κ2) is 5.86. The predicted octanol–water partition coefficient (Wildman–Crippen LogP) is 3.13. The van der Waals surface area contributed by atoms with Crippen molar-refractivity contribution in [1.29, 1.82) is 0 Å². The lowest BCUT2D eigenvalue weighted by Gasteiger charge is -2.24. The van der Waals surface area contributed by atoms with Crippen LogP contribution in [0.2, 0.25) is 0 Å². The number of nitrogens with one attached hydrogen (secondary N) is 1. The zero-order valence-corrected chi connectivity index (χ0v) is 13.0. The van der Waals surface area contributed by atoms with Gasteiger partial charge in [-0.1, -0.05) is 0 Å².